The zero-order valence-electron chi connectivity index (χ0n) is 12.7. The van der Waals surface area contributed by atoms with Crippen LogP contribution in [0.1, 0.15) is 37.9 Å². The molecule has 2 rings (SSSR count). The van der Waals surface area contributed by atoms with Crippen LogP contribution in [-0.4, -0.2) is 20.4 Å². The molecule has 0 spiro atoms. The Bertz CT molecular complexity index is 568. The molecule has 0 unspecified atom stereocenters. The first-order valence-corrected chi connectivity index (χ1v) is 7.91. The first-order valence-electron chi connectivity index (χ1n) is 7.12. The number of aryl methyl sites for hydroxylation is 2. The van der Waals surface area contributed by atoms with Gasteiger partial charge in [0.2, 0.25) is 0 Å². The molecular formula is C15H23BrN4. The monoisotopic (exact) mass is 338 g/mol. The van der Waals surface area contributed by atoms with Crippen molar-refractivity contribution in [2.24, 2.45) is 0 Å². The Kier molecular flexibility index (Phi) is 5.05. The van der Waals surface area contributed by atoms with E-state index in [4.69, 9.17) is 0 Å². The Hall–Kier alpha value is -1.07. The van der Waals surface area contributed by atoms with E-state index >= 15 is 0 Å². The first-order chi connectivity index (χ1) is 9.52. The summed E-state index contributed by atoms with van der Waals surface area (Å²) in [7, 11) is 0. The Balaban J connectivity index is 2.20. The summed E-state index contributed by atoms with van der Waals surface area (Å²) in [5.41, 5.74) is 3.58. The molecule has 0 fully saturated rings. The minimum absolute atomic E-state index is 0.494. The predicted molar refractivity (Wildman–Crippen MR) is 85.8 cm³/mol. The number of nitrogens with zero attached hydrogens (tertiary/aromatic N) is 3. The smallest absolute Gasteiger partial charge is 0.0739 e. The summed E-state index contributed by atoms with van der Waals surface area (Å²) in [4.78, 5) is 0. The van der Waals surface area contributed by atoms with Gasteiger partial charge in [-0.2, -0.15) is 5.10 Å². The van der Waals surface area contributed by atoms with E-state index in [0.29, 0.717) is 6.04 Å². The molecule has 4 nitrogen and oxygen atoms in total. The van der Waals surface area contributed by atoms with Gasteiger partial charge in [0.1, 0.15) is 0 Å². The van der Waals surface area contributed by atoms with Crippen molar-refractivity contribution in [3.63, 3.8) is 0 Å². The van der Waals surface area contributed by atoms with Gasteiger partial charge in [0.25, 0.3) is 0 Å². The van der Waals surface area contributed by atoms with Crippen LogP contribution in [0.2, 0.25) is 0 Å². The highest BCUT2D eigenvalue weighted by Gasteiger charge is 2.13. The highest BCUT2D eigenvalue weighted by Crippen LogP contribution is 2.22. The van der Waals surface area contributed by atoms with E-state index in [0.717, 1.165) is 29.8 Å². The molecule has 0 aromatic carbocycles. The second kappa shape index (κ2) is 6.59. The average Bonchev–Trinajstić information content (AvgIpc) is 2.96. The fraction of sp³-hybridized carbons (Fsp3) is 0.533. The Morgan fingerprint density at radius 1 is 1.40 bits per heavy atom. The maximum atomic E-state index is 4.55. The minimum atomic E-state index is 0.494. The van der Waals surface area contributed by atoms with Gasteiger partial charge in [-0.3, -0.25) is 4.68 Å². The van der Waals surface area contributed by atoms with Crippen molar-refractivity contribution < 1.29 is 0 Å². The van der Waals surface area contributed by atoms with E-state index in [1.54, 1.807) is 0 Å². The maximum Gasteiger partial charge on any atom is 0.0739 e. The van der Waals surface area contributed by atoms with Crippen LogP contribution >= 0.6 is 15.9 Å². The van der Waals surface area contributed by atoms with Crippen LogP contribution < -0.4 is 5.32 Å². The van der Waals surface area contributed by atoms with Crippen molar-refractivity contribution in [3.8, 4) is 0 Å². The van der Waals surface area contributed by atoms with Crippen LogP contribution in [0, 0.1) is 6.92 Å². The summed E-state index contributed by atoms with van der Waals surface area (Å²) in [5.74, 6) is 0. The molecule has 0 aliphatic carbocycles. The molecule has 0 bridgehead atoms. The van der Waals surface area contributed by atoms with Crippen LogP contribution in [-0.2, 0) is 19.6 Å². The largest absolute Gasteiger partial charge is 0.344 e. The number of hydrogen-bond acceptors (Lipinski definition) is 2. The molecule has 0 saturated heterocycles. The van der Waals surface area contributed by atoms with Crippen molar-refractivity contribution in [1.29, 1.82) is 0 Å². The fourth-order valence-corrected chi connectivity index (χ4v) is 2.66. The van der Waals surface area contributed by atoms with Crippen LogP contribution in [0.25, 0.3) is 0 Å². The average molecular weight is 339 g/mol. The van der Waals surface area contributed by atoms with Gasteiger partial charge in [-0.05, 0) is 41.9 Å². The first kappa shape index (κ1) is 15.3. The zero-order valence-corrected chi connectivity index (χ0v) is 14.2. The van der Waals surface area contributed by atoms with E-state index in [-0.39, 0.29) is 0 Å². The Morgan fingerprint density at radius 2 is 2.15 bits per heavy atom. The van der Waals surface area contributed by atoms with Gasteiger partial charge < -0.3 is 9.88 Å². The predicted octanol–water partition coefficient (Wildman–Crippen LogP) is 3.32. The van der Waals surface area contributed by atoms with Crippen molar-refractivity contribution in [1.82, 2.24) is 19.7 Å². The lowest BCUT2D eigenvalue weighted by atomic mass is 10.3. The number of hydrogen-bond donors (Lipinski definition) is 1. The molecule has 0 aliphatic rings. The minimum Gasteiger partial charge on any atom is -0.344 e. The van der Waals surface area contributed by atoms with Gasteiger partial charge in [0.15, 0.2) is 0 Å². The van der Waals surface area contributed by atoms with Crippen molar-refractivity contribution in [3.05, 3.63) is 39.9 Å². The van der Waals surface area contributed by atoms with Crippen LogP contribution in [0.4, 0.5) is 0 Å². The number of rotatable bonds is 6. The molecule has 0 saturated carbocycles. The summed E-state index contributed by atoms with van der Waals surface area (Å²) >= 11 is 3.66. The molecule has 1 N–H and O–H groups in total. The van der Waals surface area contributed by atoms with Crippen molar-refractivity contribution in [2.45, 2.75) is 53.4 Å². The number of aromatic nitrogens is 3. The second-order valence-corrected chi connectivity index (χ2v) is 6.12. The van der Waals surface area contributed by atoms with Crippen molar-refractivity contribution in [2.75, 3.05) is 0 Å². The highest BCUT2D eigenvalue weighted by atomic mass is 79.9. The maximum absolute atomic E-state index is 4.55. The molecule has 0 radical (unpaired) electrons. The van der Waals surface area contributed by atoms with E-state index in [1.165, 1.54) is 11.4 Å². The third-order valence-electron chi connectivity index (χ3n) is 3.39. The van der Waals surface area contributed by atoms with E-state index < -0.39 is 0 Å². The molecule has 20 heavy (non-hydrogen) atoms. The van der Waals surface area contributed by atoms with E-state index in [9.17, 15) is 0 Å². The molecule has 0 amide bonds. The summed E-state index contributed by atoms with van der Waals surface area (Å²) in [6.45, 7) is 11.1. The number of nitrogens with one attached hydrogen (secondary N) is 1. The van der Waals surface area contributed by atoms with Crippen LogP contribution in [0.5, 0.6) is 0 Å². The van der Waals surface area contributed by atoms with Gasteiger partial charge in [-0.25, -0.2) is 0 Å². The molecule has 2 aromatic heterocycles. The summed E-state index contributed by atoms with van der Waals surface area (Å²) in [6, 6.07) is 4.77. The molecule has 5 heteroatoms. The Labute approximate surface area is 129 Å². The van der Waals surface area contributed by atoms with Crippen molar-refractivity contribution >= 4 is 15.9 Å². The lowest BCUT2D eigenvalue weighted by molar-refractivity contribution is 0.550. The van der Waals surface area contributed by atoms with Crippen LogP contribution in [0.15, 0.2) is 22.8 Å². The van der Waals surface area contributed by atoms with Gasteiger partial charge in [0, 0.05) is 31.0 Å². The Morgan fingerprint density at radius 3 is 2.80 bits per heavy atom. The topological polar surface area (TPSA) is 34.8 Å². The molecule has 2 heterocycles. The third kappa shape index (κ3) is 3.33. The van der Waals surface area contributed by atoms with Gasteiger partial charge in [-0.15, -0.1) is 0 Å². The molecule has 0 atom stereocenters. The summed E-state index contributed by atoms with van der Waals surface area (Å²) in [6.07, 6.45) is 2.13. The lowest BCUT2D eigenvalue weighted by Crippen LogP contribution is -2.23. The lowest BCUT2D eigenvalue weighted by Gasteiger charge is -2.13. The third-order valence-corrected chi connectivity index (χ3v) is 4.42. The molecule has 110 valence electrons. The van der Waals surface area contributed by atoms with E-state index in [1.807, 2.05) is 6.92 Å². The zero-order chi connectivity index (χ0) is 14.7. The summed E-state index contributed by atoms with van der Waals surface area (Å²) < 4.78 is 5.47. The normalized spacial score (nSPS) is 11.5. The SMILES string of the molecule is CCn1nc(C)c(Br)c1Cn1cccc1CNC(C)C. The quantitative estimate of drug-likeness (QED) is 0.876. The van der Waals surface area contributed by atoms with Gasteiger partial charge in [-0.1, -0.05) is 13.8 Å². The molecule has 0 aliphatic heterocycles. The summed E-state index contributed by atoms with van der Waals surface area (Å²) in [5, 5.41) is 8.02. The molecule has 2 aromatic rings. The fourth-order valence-electron chi connectivity index (χ4n) is 2.25. The number of halogens is 1. The highest BCUT2D eigenvalue weighted by molar-refractivity contribution is 9.10. The van der Waals surface area contributed by atoms with E-state index in [2.05, 4.69) is 74.7 Å². The second-order valence-electron chi connectivity index (χ2n) is 5.32. The standard InChI is InChI=1S/C15H23BrN4/c1-5-20-14(15(16)12(4)18-20)10-19-8-6-7-13(19)9-17-11(2)3/h6-8,11,17H,5,9-10H2,1-4H3. The van der Waals surface area contributed by atoms with Crippen LogP contribution in [0.3, 0.4) is 0 Å². The van der Waals surface area contributed by atoms with Gasteiger partial charge in [0.05, 0.1) is 22.4 Å². The molecular weight excluding hydrogens is 316 g/mol. The van der Waals surface area contributed by atoms with Gasteiger partial charge >= 0.3 is 0 Å².